The molecule has 0 unspecified atom stereocenters. The molecule has 2 aromatic heterocycles. The smallest absolute Gasteiger partial charge is 0.255 e. The topological polar surface area (TPSA) is 67.3 Å². The lowest BCUT2D eigenvalue weighted by Crippen LogP contribution is -2.26. The molecule has 0 radical (unpaired) electrons. The largest absolute Gasteiger partial charge is 0.367 e. The lowest BCUT2D eigenvalue weighted by atomic mass is 10.0. The van der Waals surface area contributed by atoms with Crippen LogP contribution < -0.4 is 9.62 Å². The van der Waals surface area contributed by atoms with Gasteiger partial charge in [-0.2, -0.15) is 0 Å². The Hall–Kier alpha value is -3.68. The van der Waals surface area contributed by atoms with Crippen LogP contribution in [0.15, 0.2) is 79.6 Å². The van der Waals surface area contributed by atoms with Crippen molar-refractivity contribution in [2.45, 2.75) is 20.8 Å². The summed E-state index contributed by atoms with van der Waals surface area (Å²) < 4.78 is 7.61. The summed E-state index contributed by atoms with van der Waals surface area (Å²) in [6, 6.07) is 17.7. The van der Waals surface area contributed by atoms with Crippen LogP contribution in [-0.4, -0.2) is 35.0 Å². The molecule has 0 atom stereocenters. The van der Waals surface area contributed by atoms with Crippen LogP contribution in [-0.2, 0) is 4.74 Å². The van der Waals surface area contributed by atoms with E-state index in [4.69, 9.17) is 4.74 Å². The first kappa shape index (κ1) is 25.4. The van der Waals surface area contributed by atoms with Gasteiger partial charge in [0.25, 0.3) is 5.91 Å². The minimum Gasteiger partial charge on any atom is -0.367 e. The highest BCUT2D eigenvalue weighted by molar-refractivity contribution is 8.00. The van der Waals surface area contributed by atoms with Gasteiger partial charge in [0.05, 0.1) is 24.4 Å². The summed E-state index contributed by atoms with van der Waals surface area (Å²) >= 11 is 1.64. The van der Waals surface area contributed by atoms with Gasteiger partial charge in [0.2, 0.25) is 0 Å². The van der Waals surface area contributed by atoms with Gasteiger partial charge in [0, 0.05) is 40.3 Å². The number of nitrogens with one attached hydrogen (secondary N) is 1. The fourth-order valence-electron chi connectivity index (χ4n) is 4.00. The van der Waals surface area contributed by atoms with E-state index in [1.807, 2.05) is 69.3 Å². The van der Waals surface area contributed by atoms with Gasteiger partial charge in [-0.1, -0.05) is 12.1 Å². The molecule has 7 heteroatoms. The highest BCUT2D eigenvalue weighted by Crippen LogP contribution is 2.31. The Labute approximate surface area is 216 Å². The van der Waals surface area contributed by atoms with Crippen molar-refractivity contribution in [1.29, 1.82) is 0 Å². The zero-order valence-corrected chi connectivity index (χ0v) is 21.6. The normalized spacial score (nSPS) is 13.0. The third-order valence-corrected chi connectivity index (χ3v) is 6.73. The molecule has 1 fully saturated rings. The van der Waals surface area contributed by atoms with E-state index in [1.165, 1.54) is 0 Å². The first-order chi connectivity index (χ1) is 17.5. The van der Waals surface area contributed by atoms with Crippen LogP contribution >= 0.6 is 11.9 Å². The number of nitrogens with zero attached hydrogens (tertiary/aromatic N) is 3. The van der Waals surface area contributed by atoms with Crippen LogP contribution in [0.2, 0.25) is 0 Å². The van der Waals surface area contributed by atoms with Gasteiger partial charge in [-0.15, -0.1) is 6.58 Å². The van der Waals surface area contributed by atoms with E-state index in [0.717, 1.165) is 51.2 Å². The number of ether oxygens (including phenoxy) is 1. The summed E-state index contributed by atoms with van der Waals surface area (Å²) in [6.07, 6.45) is 5.30. The average molecular weight is 499 g/mol. The number of rotatable bonds is 4. The second-order valence-electron chi connectivity index (χ2n) is 8.38. The quantitative estimate of drug-likeness (QED) is 0.247. The Kier molecular flexibility index (Phi) is 8.36. The first-order valence-electron chi connectivity index (χ1n) is 11.8. The second kappa shape index (κ2) is 11.8. The predicted octanol–water partition coefficient (Wildman–Crippen LogP) is 6.80. The van der Waals surface area contributed by atoms with Gasteiger partial charge in [-0.3, -0.25) is 14.8 Å². The molecule has 0 spiro atoms. The highest BCUT2D eigenvalue weighted by atomic mass is 32.2. The average Bonchev–Trinajstić information content (AvgIpc) is 2.90. The molecule has 1 amide bonds. The van der Waals surface area contributed by atoms with Gasteiger partial charge in [-0.05, 0) is 92.4 Å². The Morgan fingerprint density at radius 1 is 1.08 bits per heavy atom. The Bertz CT molecular complexity index is 1380. The van der Waals surface area contributed by atoms with Crippen molar-refractivity contribution in [3.63, 3.8) is 0 Å². The third-order valence-electron chi connectivity index (χ3n) is 5.75. The fourth-order valence-corrected chi connectivity index (χ4v) is 4.79. The number of pyridine rings is 2. The molecule has 3 heterocycles. The molecule has 1 saturated heterocycles. The number of aryl methyl sites for hydroxylation is 2. The maximum absolute atomic E-state index is 13.1. The predicted molar refractivity (Wildman–Crippen MR) is 150 cm³/mol. The van der Waals surface area contributed by atoms with Crippen molar-refractivity contribution in [2.24, 2.45) is 0 Å². The molecule has 0 saturated carbocycles. The molecular formula is C29H30N4O2S. The standard InChI is InChI=1S/C26H24N4O2S.C3H6/c1-17-5-6-19(15-23(17)25-22-4-3-10-27-24(22)9-11-28-25)29-26(31)21-8-7-20(14-18(21)2)30-12-13-32-16-33-30;1-3-2/h3-11,14-15H,12-13,16H2,1-2H3,(H,29,31);3H,1H2,2H3. The molecule has 0 bridgehead atoms. The van der Waals surface area contributed by atoms with Crippen molar-refractivity contribution in [3.05, 3.63) is 96.3 Å². The summed E-state index contributed by atoms with van der Waals surface area (Å²) in [6.45, 7) is 10.8. The number of amides is 1. The number of hydrogen-bond donors (Lipinski definition) is 1. The maximum atomic E-state index is 13.1. The minimum absolute atomic E-state index is 0.129. The Morgan fingerprint density at radius 2 is 1.92 bits per heavy atom. The lowest BCUT2D eigenvalue weighted by molar-refractivity contribution is 0.102. The summed E-state index contributed by atoms with van der Waals surface area (Å²) in [4.78, 5) is 22.1. The third kappa shape index (κ3) is 5.75. The molecule has 1 N–H and O–H groups in total. The first-order valence-corrected chi connectivity index (χ1v) is 12.7. The van der Waals surface area contributed by atoms with Gasteiger partial charge >= 0.3 is 0 Å². The van der Waals surface area contributed by atoms with Crippen molar-refractivity contribution in [2.75, 3.05) is 28.7 Å². The molecular weight excluding hydrogens is 468 g/mol. The molecule has 1 aliphatic heterocycles. The molecule has 4 aromatic rings. The zero-order valence-electron chi connectivity index (χ0n) is 20.8. The minimum atomic E-state index is -0.129. The number of aromatic nitrogens is 2. The van der Waals surface area contributed by atoms with Crippen LogP contribution in [0, 0.1) is 13.8 Å². The number of anilines is 2. The van der Waals surface area contributed by atoms with E-state index in [1.54, 1.807) is 30.4 Å². The molecule has 2 aromatic carbocycles. The number of carbonyl (C=O) groups is 1. The summed E-state index contributed by atoms with van der Waals surface area (Å²) in [7, 11) is 0. The van der Waals surface area contributed by atoms with Gasteiger partial charge in [0.15, 0.2) is 0 Å². The number of benzene rings is 2. The fraction of sp³-hybridized carbons (Fsp3) is 0.207. The van der Waals surface area contributed by atoms with Crippen molar-refractivity contribution >= 4 is 40.1 Å². The molecule has 1 aliphatic rings. The van der Waals surface area contributed by atoms with Crippen molar-refractivity contribution < 1.29 is 9.53 Å². The molecule has 0 aliphatic carbocycles. The van der Waals surface area contributed by atoms with E-state index in [-0.39, 0.29) is 5.91 Å². The number of hydrogen-bond acceptors (Lipinski definition) is 6. The summed E-state index contributed by atoms with van der Waals surface area (Å²) in [5, 5.41) is 4.05. The van der Waals surface area contributed by atoms with E-state index in [9.17, 15) is 4.79 Å². The number of fused-ring (bicyclic) bond motifs is 1. The highest BCUT2D eigenvalue weighted by Gasteiger charge is 2.16. The van der Waals surface area contributed by atoms with Crippen LogP contribution in [0.25, 0.3) is 22.2 Å². The van der Waals surface area contributed by atoms with Crippen LogP contribution in [0.1, 0.15) is 28.4 Å². The van der Waals surface area contributed by atoms with E-state index < -0.39 is 0 Å². The monoisotopic (exact) mass is 498 g/mol. The van der Waals surface area contributed by atoms with Crippen molar-refractivity contribution in [3.8, 4) is 11.3 Å². The van der Waals surface area contributed by atoms with Crippen LogP contribution in [0.5, 0.6) is 0 Å². The van der Waals surface area contributed by atoms with Gasteiger partial charge in [-0.25, -0.2) is 0 Å². The van der Waals surface area contributed by atoms with Gasteiger partial charge in [0.1, 0.15) is 5.94 Å². The molecule has 6 nitrogen and oxygen atoms in total. The second-order valence-corrected chi connectivity index (χ2v) is 9.31. The summed E-state index contributed by atoms with van der Waals surface area (Å²) in [5.41, 5.74) is 7.23. The van der Waals surface area contributed by atoms with E-state index >= 15 is 0 Å². The lowest BCUT2D eigenvalue weighted by Gasteiger charge is -2.27. The van der Waals surface area contributed by atoms with E-state index in [0.29, 0.717) is 18.1 Å². The Balaban J connectivity index is 0.000000967. The number of allylic oxidation sites excluding steroid dienone is 1. The summed E-state index contributed by atoms with van der Waals surface area (Å²) in [5.74, 6) is 0.523. The SMILES string of the molecule is C=CC.Cc1cc(N2CCOCS2)ccc1C(=O)Nc1ccc(C)c(-c2nccc3ncccc23)c1. The zero-order chi connectivity index (χ0) is 25.5. The maximum Gasteiger partial charge on any atom is 0.255 e. The Morgan fingerprint density at radius 3 is 2.67 bits per heavy atom. The molecule has 5 rings (SSSR count). The molecule has 184 valence electrons. The number of carbonyl (C=O) groups excluding carboxylic acids is 1. The van der Waals surface area contributed by atoms with Crippen molar-refractivity contribution in [1.82, 2.24) is 9.97 Å². The van der Waals surface area contributed by atoms with Gasteiger partial charge < -0.3 is 14.4 Å². The van der Waals surface area contributed by atoms with Crippen LogP contribution in [0.3, 0.4) is 0 Å². The van der Waals surface area contributed by atoms with E-state index in [2.05, 4.69) is 32.2 Å². The van der Waals surface area contributed by atoms with Crippen LogP contribution in [0.4, 0.5) is 11.4 Å². The molecule has 36 heavy (non-hydrogen) atoms.